The third-order valence-corrected chi connectivity index (χ3v) is 6.19. The number of ether oxygens (including phenoxy) is 1. The minimum atomic E-state index is -1.10. The Labute approximate surface area is 196 Å². The van der Waals surface area contributed by atoms with E-state index in [1.54, 1.807) is 14.0 Å². The summed E-state index contributed by atoms with van der Waals surface area (Å²) >= 11 is 0. The molecule has 2 N–H and O–H groups in total. The summed E-state index contributed by atoms with van der Waals surface area (Å²) in [6.45, 7) is 1.81. The highest BCUT2D eigenvalue weighted by molar-refractivity contribution is 6.02. The van der Waals surface area contributed by atoms with E-state index in [1.165, 1.54) is 17.9 Å². The van der Waals surface area contributed by atoms with Crippen molar-refractivity contribution in [2.75, 3.05) is 19.0 Å². The molecule has 9 heteroatoms. The van der Waals surface area contributed by atoms with Gasteiger partial charge in [0.1, 0.15) is 24.0 Å². The molecule has 1 aliphatic rings. The lowest BCUT2D eigenvalue weighted by Gasteiger charge is -2.23. The Morgan fingerprint density at radius 1 is 1.12 bits per heavy atom. The quantitative estimate of drug-likeness (QED) is 0.553. The van der Waals surface area contributed by atoms with Crippen LogP contribution in [0.25, 0.3) is 11.1 Å². The molecule has 2 amide bonds. The lowest BCUT2D eigenvalue weighted by molar-refractivity contribution is -0.142. The molecule has 2 aromatic carbocycles. The number of rotatable bonds is 7. The van der Waals surface area contributed by atoms with Crippen LogP contribution in [0.1, 0.15) is 40.7 Å². The molecular formula is C25H26N4O5. The molecule has 3 aromatic rings. The van der Waals surface area contributed by atoms with Crippen LogP contribution in [0, 0.1) is 0 Å². The van der Waals surface area contributed by atoms with Crippen molar-refractivity contribution in [3.05, 3.63) is 71.4 Å². The van der Waals surface area contributed by atoms with E-state index in [4.69, 9.17) is 4.74 Å². The number of carbonyl (C=O) groups excluding carboxylic acids is 2. The Kier molecular flexibility index (Phi) is 6.36. The Morgan fingerprint density at radius 3 is 2.26 bits per heavy atom. The van der Waals surface area contributed by atoms with Crippen molar-refractivity contribution in [3.8, 4) is 11.1 Å². The van der Waals surface area contributed by atoms with E-state index in [-0.39, 0.29) is 30.3 Å². The first-order chi connectivity index (χ1) is 16.3. The highest BCUT2D eigenvalue weighted by atomic mass is 16.5. The topological polar surface area (TPSA) is 114 Å². The highest BCUT2D eigenvalue weighted by Gasteiger charge is 2.31. The second-order valence-corrected chi connectivity index (χ2v) is 8.16. The van der Waals surface area contributed by atoms with E-state index in [0.29, 0.717) is 0 Å². The molecule has 0 saturated carbocycles. The smallest absolute Gasteiger partial charge is 0.412 e. The predicted molar refractivity (Wildman–Crippen MR) is 126 cm³/mol. The van der Waals surface area contributed by atoms with Gasteiger partial charge in [-0.25, -0.2) is 9.59 Å². The Balaban J connectivity index is 1.48. The molecule has 34 heavy (non-hydrogen) atoms. The van der Waals surface area contributed by atoms with Gasteiger partial charge in [0, 0.05) is 20.0 Å². The summed E-state index contributed by atoms with van der Waals surface area (Å²) < 4.78 is 6.90. The van der Waals surface area contributed by atoms with Crippen LogP contribution in [-0.4, -0.2) is 57.5 Å². The molecule has 1 aliphatic carbocycles. The minimum absolute atomic E-state index is 0.0817. The molecule has 0 spiro atoms. The van der Waals surface area contributed by atoms with E-state index in [9.17, 15) is 19.5 Å². The zero-order valence-corrected chi connectivity index (χ0v) is 19.2. The van der Waals surface area contributed by atoms with Gasteiger partial charge in [-0.1, -0.05) is 55.5 Å². The molecule has 1 unspecified atom stereocenters. The fraction of sp³-hybridized carbons (Fsp3) is 0.280. The van der Waals surface area contributed by atoms with E-state index < -0.39 is 24.0 Å². The monoisotopic (exact) mass is 462 g/mol. The molecule has 0 radical (unpaired) electrons. The number of hydrogen-bond acceptors (Lipinski definition) is 5. The van der Waals surface area contributed by atoms with Crippen LogP contribution in [0.5, 0.6) is 0 Å². The van der Waals surface area contributed by atoms with Crippen molar-refractivity contribution in [3.63, 3.8) is 0 Å². The Hall–Kier alpha value is -4.14. The molecule has 0 bridgehead atoms. The van der Waals surface area contributed by atoms with Gasteiger partial charge in [-0.05, 0) is 28.7 Å². The summed E-state index contributed by atoms with van der Waals surface area (Å²) in [6, 6.07) is 15.1. The van der Waals surface area contributed by atoms with Gasteiger partial charge in [0.15, 0.2) is 0 Å². The molecular weight excluding hydrogens is 436 g/mol. The van der Waals surface area contributed by atoms with Gasteiger partial charge < -0.3 is 14.7 Å². The molecule has 1 heterocycles. The molecule has 1 atom stereocenters. The molecule has 9 nitrogen and oxygen atoms in total. The first kappa shape index (κ1) is 23.0. The van der Waals surface area contributed by atoms with Crippen LogP contribution in [-0.2, 0) is 16.6 Å². The van der Waals surface area contributed by atoms with Crippen LogP contribution in [0.2, 0.25) is 0 Å². The number of hydrogen-bond donors (Lipinski definition) is 2. The van der Waals surface area contributed by atoms with Crippen LogP contribution >= 0.6 is 0 Å². The van der Waals surface area contributed by atoms with Gasteiger partial charge in [0.2, 0.25) is 0 Å². The second kappa shape index (κ2) is 9.38. The highest BCUT2D eigenvalue weighted by Crippen LogP contribution is 2.44. The van der Waals surface area contributed by atoms with E-state index in [0.717, 1.165) is 27.2 Å². The maximum Gasteiger partial charge on any atom is 0.412 e. The fourth-order valence-corrected chi connectivity index (χ4v) is 4.42. The van der Waals surface area contributed by atoms with Gasteiger partial charge in [0.25, 0.3) is 5.91 Å². The van der Waals surface area contributed by atoms with Gasteiger partial charge in [-0.15, -0.1) is 0 Å². The van der Waals surface area contributed by atoms with Crippen molar-refractivity contribution in [2.24, 2.45) is 7.05 Å². The van der Waals surface area contributed by atoms with E-state index in [1.807, 2.05) is 36.4 Å². The van der Waals surface area contributed by atoms with Gasteiger partial charge >= 0.3 is 12.1 Å². The summed E-state index contributed by atoms with van der Waals surface area (Å²) in [7, 11) is 2.99. The number of fused-ring (bicyclic) bond motifs is 3. The maximum atomic E-state index is 12.9. The zero-order chi connectivity index (χ0) is 24.4. The van der Waals surface area contributed by atoms with Crippen LogP contribution < -0.4 is 5.32 Å². The number of carbonyl (C=O) groups is 3. The van der Waals surface area contributed by atoms with Crippen molar-refractivity contribution in [2.45, 2.75) is 25.3 Å². The number of aliphatic carboxylic acids is 1. The van der Waals surface area contributed by atoms with Crippen molar-refractivity contribution in [1.82, 2.24) is 14.7 Å². The number of nitrogens with one attached hydrogen (secondary N) is 1. The average molecular weight is 463 g/mol. The number of aromatic nitrogens is 2. The fourth-order valence-electron chi connectivity index (χ4n) is 4.42. The maximum absolute atomic E-state index is 12.9. The normalized spacial score (nSPS) is 13.0. The standard InChI is InChI=1S/C25H26N4O5/c1-4-21(24(31)32)28(2)23(30)19-13-26-29(3)22(19)27-25(33)34-14-20-17-11-7-5-9-15(17)16-10-6-8-12-18(16)20/h5-13,20-21H,4,14H2,1-3H3,(H,27,33)(H,31,32). The second-order valence-electron chi connectivity index (χ2n) is 8.16. The number of amides is 2. The molecule has 4 rings (SSSR count). The summed E-state index contributed by atoms with van der Waals surface area (Å²) in [5.41, 5.74) is 4.51. The zero-order valence-electron chi connectivity index (χ0n) is 19.2. The largest absolute Gasteiger partial charge is 0.480 e. The van der Waals surface area contributed by atoms with Crippen LogP contribution in [0.15, 0.2) is 54.7 Å². The average Bonchev–Trinajstić information content (AvgIpc) is 3.35. The molecule has 0 saturated heterocycles. The lowest BCUT2D eigenvalue weighted by Crippen LogP contribution is -2.42. The van der Waals surface area contributed by atoms with Gasteiger partial charge in [0.05, 0.1) is 6.20 Å². The Morgan fingerprint density at radius 2 is 1.71 bits per heavy atom. The number of carboxylic acid groups (broad SMARTS) is 1. The van der Waals surface area contributed by atoms with Crippen molar-refractivity contribution < 1.29 is 24.2 Å². The van der Waals surface area contributed by atoms with Crippen LogP contribution in [0.4, 0.5) is 10.6 Å². The number of likely N-dealkylation sites (N-methyl/N-ethyl adjacent to an activating group) is 1. The summed E-state index contributed by atoms with van der Waals surface area (Å²) in [6.07, 6.45) is 0.812. The third kappa shape index (κ3) is 4.12. The molecule has 176 valence electrons. The lowest BCUT2D eigenvalue weighted by atomic mass is 9.98. The van der Waals surface area contributed by atoms with Crippen molar-refractivity contribution in [1.29, 1.82) is 0 Å². The van der Waals surface area contributed by atoms with Gasteiger partial charge in [-0.3, -0.25) is 14.8 Å². The van der Waals surface area contributed by atoms with Gasteiger partial charge in [-0.2, -0.15) is 5.10 Å². The van der Waals surface area contributed by atoms with Crippen molar-refractivity contribution >= 4 is 23.8 Å². The van der Waals surface area contributed by atoms with E-state index >= 15 is 0 Å². The number of aryl methyl sites for hydroxylation is 1. The number of nitrogens with zero attached hydrogens (tertiary/aromatic N) is 3. The summed E-state index contributed by atoms with van der Waals surface area (Å²) in [5, 5.41) is 16.0. The number of carboxylic acids is 1. The first-order valence-corrected chi connectivity index (χ1v) is 11.0. The number of benzene rings is 2. The predicted octanol–water partition coefficient (Wildman–Crippen LogP) is 3.72. The summed E-state index contributed by atoms with van der Waals surface area (Å²) in [4.78, 5) is 38.2. The number of anilines is 1. The molecule has 0 fully saturated rings. The van der Waals surface area contributed by atoms with Crippen LogP contribution in [0.3, 0.4) is 0 Å². The molecule has 0 aliphatic heterocycles. The van der Waals surface area contributed by atoms with E-state index in [2.05, 4.69) is 22.5 Å². The molecule has 1 aromatic heterocycles. The Bertz CT molecular complexity index is 1210. The summed E-state index contributed by atoms with van der Waals surface area (Å²) in [5.74, 6) is -1.63. The first-order valence-electron chi connectivity index (χ1n) is 11.0. The third-order valence-electron chi connectivity index (χ3n) is 6.19. The minimum Gasteiger partial charge on any atom is -0.480 e. The SMILES string of the molecule is CCC(C(=O)O)N(C)C(=O)c1cnn(C)c1NC(=O)OCC1c2ccccc2-c2ccccc21.